The van der Waals surface area contributed by atoms with E-state index in [1.165, 1.54) is 10.8 Å². The molecule has 0 bridgehead atoms. The Morgan fingerprint density at radius 3 is 2.36 bits per heavy atom. The van der Waals surface area contributed by atoms with Gasteiger partial charge in [0.1, 0.15) is 5.75 Å². The van der Waals surface area contributed by atoms with Gasteiger partial charge in [0.2, 0.25) is 0 Å². The molecule has 3 aromatic carbocycles. The molecule has 25 heavy (non-hydrogen) atoms. The summed E-state index contributed by atoms with van der Waals surface area (Å²) in [5.74, 6) is 0.609. The summed E-state index contributed by atoms with van der Waals surface area (Å²) in [4.78, 5) is 12.3. The number of nitrogens with one attached hydrogen (secondary N) is 1. The van der Waals surface area contributed by atoms with Crippen molar-refractivity contribution in [3.63, 3.8) is 0 Å². The second kappa shape index (κ2) is 7.39. The Morgan fingerprint density at radius 2 is 1.64 bits per heavy atom. The Labute approximate surface area is 148 Å². The molecule has 3 aromatic rings. The van der Waals surface area contributed by atoms with Crippen LogP contribution in [0.1, 0.15) is 23.6 Å². The molecule has 3 nitrogen and oxygen atoms in total. The summed E-state index contributed by atoms with van der Waals surface area (Å²) >= 11 is 0. The van der Waals surface area contributed by atoms with Gasteiger partial charge in [-0.3, -0.25) is 4.79 Å². The SMILES string of the molecule is Cc1cc(C)cc(O[C@@H](C)C(=O)NCc2ccc3ccccc3c2)c1. The summed E-state index contributed by atoms with van der Waals surface area (Å²) < 4.78 is 5.78. The van der Waals surface area contributed by atoms with Crippen LogP contribution in [0.4, 0.5) is 0 Å². The van der Waals surface area contributed by atoms with Crippen molar-refractivity contribution < 1.29 is 9.53 Å². The summed E-state index contributed by atoms with van der Waals surface area (Å²) in [6.07, 6.45) is -0.540. The zero-order chi connectivity index (χ0) is 17.8. The van der Waals surface area contributed by atoms with Crippen LogP contribution in [0.5, 0.6) is 5.75 Å². The monoisotopic (exact) mass is 333 g/mol. The number of hydrogen-bond acceptors (Lipinski definition) is 2. The van der Waals surface area contributed by atoms with Crippen LogP contribution in [0.15, 0.2) is 60.7 Å². The third kappa shape index (κ3) is 4.38. The lowest BCUT2D eigenvalue weighted by atomic mass is 10.1. The fourth-order valence-corrected chi connectivity index (χ4v) is 2.94. The van der Waals surface area contributed by atoms with Crippen LogP contribution in [0.25, 0.3) is 10.8 Å². The number of aryl methyl sites for hydroxylation is 2. The highest BCUT2D eigenvalue weighted by atomic mass is 16.5. The Balaban J connectivity index is 1.60. The van der Waals surface area contributed by atoms with Gasteiger partial charge in [0, 0.05) is 6.54 Å². The van der Waals surface area contributed by atoms with E-state index in [2.05, 4.69) is 35.6 Å². The van der Waals surface area contributed by atoms with E-state index in [1.807, 2.05) is 44.2 Å². The van der Waals surface area contributed by atoms with Crippen molar-refractivity contribution in [1.29, 1.82) is 0 Å². The number of carbonyl (C=O) groups excluding carboxylic acids is 1. The molecule has 3 rings (SSSR count). The van der Waals surface area contributed by atoms with Crippen molar-refractivity contribution >= 4 is 16.7 Å². The van der Waals surface area contributed by atoms with Crippen molar-refractivity contribution in [2.45, 2.75) is 33.4 Å². The Kier molecular flexibility index (Phi) is 5.03. The topological polar surface area (TPSA) is 38.3 Å². The fourth-order valence-electron chi connectivity index (χ4n) is 2.94. The van der Waals surface area contributed by atoms with Crippen molar-refractivity contribution in [1.82, 2.24) is 5.32 Å². The molecular weight excluding hydrogens is 310 g/mol. The number of benzene rings is 3. The first kappa shape index (κ1) is 17.0. The Bertz CT molecular complexity index is 881. The molecular formula is C22H23NO2. The Morgan fingerprint density at radius 1 is 0.960 bits per heavy atom. The number of amides is 1. The molecule has 1 N–H and O–H groups in total. The van der Waals surface area contributed by atoms with Gasteiger partial charge < -0.3 is 10.1 Å². The molecule has 0 radical (unpaired) electrons. The lowest BCUT2D eigenvalue weighted by molar-refractivity contribution is -0.127. The summed E-state index contributed by atoms with van der Waals surface area (Å²) in [6, 6.07) is 20.4. The molecule has 1 amide bonds. The zero-order valence-corrected chi connectivity index (χ0v) is 14.9. The van der Waals surface area contributed by atoms with Gasteiger partial charge in [-0.2, -0.15) is 0 Å². The predicted octanol–water partition coefficient (Wildman–Crippen LogP) is 4.54. The van der Waals surface area contributed by atoms with E-state index in [-0.39, 0.29) is 5.91 Å². The maximum absolute atomic E-state index is 12.3. The maximum Gasteiger partial charge on any atom is 0.261 e. The summed E-state index contributed by atoms with van der Waals surface area (Å²) in [5, 5.41) is 5.32. The minimum absolute atomic E-state index is 0.118. The van der Waals surface area contributed by atoms with E-state index in [9.17, 15) is 4.79 Å². The van der Waals surface area contributed by atoms with Crippen LogP contribution < -0.4 is 10.1 Å². The number of ether oxygens (including phenoxy) is 1. The van der Waals surface area contributed by atoms with Crippen LogP contribution in [0.2, 0.25) is 0 Å². The van der Waals surface area contributed by atoms with Crippen LogP contribution in [-0.4, -0.2) is 12.0 Å². The molecule has 0 unspecified atom stereocenters. The van der Waals surface area contributed by atoms with Gasteiger partial charge >= 0.3 is 0 Å². The predicted molar refractivity (Wildman–Crippen MR) is 102 cm³/mol. The molecule has 0 heterocycles. The number of hydrogen-bond donors (Lipinski definition) is 1. The van der Waals surface area contributed by atoms with Gasteiger partial charge in [0.15, 0.2) is 6.10 Å². The van der Waals surface area contributed by atoms with E-state index < -0.39 is 6.10 Å². The first-order chi connectivity index (χ1) is 12.0. The smallest absolute Gasteiger partial charge is 0.261 e. The minimum atomic E-state index is -0.540. The highest BCUT2D eigenvalue weighted by Crippen LogP contribution is 2.18. The summed E-state index contributed by atoms with van der Waals surface area (Å²) in [5.41, 5.74) is 3.32. The number of rotatable bonds is 5. The van der Waals surface area contributed by atoms with E-state index in [0.29, 0.717) is 6.54 Å². The Hall–Kier alpha value is -2.81. The first-order valence-corrected chi connectivity index (χ1v) is 8.51. The van der Waals surface area contributed by atoms with E-state index in [1.54, 1.807) is 6.92 Å². The molecule has 3 heteroatoms. The first-order valence-electron chi connectivity index (χ1n) is 8.51. The van der Waals surface area contributed by atoms with Crippen LogP contribution in [0, 0.1) is 13.8 Å². The van der Waals surface area contributed by atoms with Crippen LogP contribution >= 0.6 is 0 Å². The number of carbonyl (C=O) groups is 1. The van der Waals surface area contributed by atoms with Gasteiger partial charge in [-0.15, -0.1) is 0 Å². The van der Waals surface area contributed by atoms with Crippen molar-refractivity contribution in [2.24, 2.45) is 0 Å². The standard InChI is InChI=1S/C22H23NO2/c1-15-10-16(2)12-21(11-15)25-17(3)22(24)23-14-18-8-9-19-6-4-5-7-20(19)13-18/h4-13,17H,14H2,1-3H3,(H,23,24)/t17-/m0/s1. The van der Waals surface area contributed by atoms with E-state index in [0.717, 1.165) is 22.4 Å². The van der Waals surface area contributed by atoms with E-state index in [4.69, 9.17) is 4.74 Å². The van der Waals surface area contributed by atoms with Crippen LogP contribution in [0.3, 0.4) is 0 Å². The molecule has 0 fully saturated rings. The fraction of sp³-hybridized carbons (Fsp3) is 0.227. The second-order valence-electron chi connectivity index (χ2n) is 6.48. The zero-order valence-electron chi connectivity index (χ0n) is 14.9. The van der Waals surface area contributed by atoms with Crippen molar-refractivity contribution in [3.05, 3.63) is 77.4 Å². The molecule has 128 valence electrons. The number of fused-ring (bicyclic) bond motifs is 1. The molecule has 0 aliphatic heterocycles. The molecule has 0 spiro atoms. The van der Waals surface area contributed by atoms with Crippen molar-refractivity contribution in [3.8, 4) is 5.75 Å². The molecule has 0 aliphatic carbocycles. The molecule has 0 aliphatic rings. The normalized spacial score (nSPS) is 12.0. The van der Waals surface area contributed by atoms with Crippen LogP contribution in [-0.2, 0) is 11.3 Å². The molecule has 0 saturated carbocycles. The van der Waals surface area contributed by atoms with Gasteiger partial charge in [-0.05, 0) is 66.4 Å². The van der Waals surface area contributed by atoms with Gasteiger partial charge in [0.25, 0.3) is 5.91 Å². The third-order valence-electron chi connectivity index (χ3n) is 4.16. The van der Waals surface area contributed by atoms with Crippen molar-refractivity contribution in [2.75, 3.05) is 0 Å². The maximum atomic E-state index is 12.3. The molecule has 0 saturated heterocycles. The lowest BCUT2D eigenvalue weighted by Crippen LogP contribution is -2.35. The van der Waals surface area contributed by atoms with Gasteiger partial charge in [-0.1, -0.05) is 42.5 Å². The molecule has 1 atom stereocenters. The summed E-state index contributed by atoms with van der Waals surface area (Å²) in [6.45, 7) is 6.30. The highest BCUT2D eigenvalue weighted by Gasteiger charge is 2.14. The molecule has 0 aromatic heterocycles. The minimum Gasteiger partial charge on any atom is -0.481 e. The quantitative estimate of drug-likeness (QED) is 0.744. The summed E-state index contributed by atoms with van der Waals surface area (Å²) in [7, 11) is 0. The third-order valence-corrected chi connectivity index (χ3v) is 4.16. The highest BCUT2D eigenvalue weighted by molar-refractivity contribution is 5.83. The lowest BCUT2D eigenvalue weighted by Gasteiger charge is -2.16. The second-order valence-corrected chi connectivity index (χ2v) is 6.48. The van der Waals surface area contributed by atoms with Gasteiger partial charge in [-0.25, -0.2) is 0 Å². The van der Waals surface area contributed by atoms with E-state index >= 15 is 0 Å². The average molecular weight is 333 g/mol. The largest absolute Gasteiger partial charge is 0.481 e. The average Bonchev–Trinajstić information content (AvgIpc) is 2.58. The van der Waals surface area contributed by atoms with Gasteiger partial charge in [0.05, 0.1) is 0 Å².